The van der Waals surface area contributed by atoms with E-state index in [9.17, 15) is 4.39 Å². The minimum absolute atomic E-state index is 0.314. The Morgan fingerprint density at radius 2 is 2.38 bits per heavy atom. The summed E-state index contributed by atoms with van der Waals surface area (Å²) in [5, 5.41) is 0. The molecule has 0 radical (unpaired) electrons. The van der Waals surface area contributed by atoms with Crippen LogP contribution in [-0.4, -0.2) is 19.8 Å². The van der Waals surface area contributed by atoms with E-state index in [2.05, 4.69) is 0 Å². The van der Waals surface area contributed by atoms with Gasteiger partial charge >= 0.3 is 0 Å². The van der Waals surface area contributed by atoms with E-state index < -0.39 is 0 Å². The van der Waals surface area contributed by atoms with Gasteiger partial charge in [0.1, 0.15) is 5.82 Å². The molecule has 1 unspecified atom stereocenters. The van der Waals surface area contributed by atoms with Crippen molar-refractivity contribution in [1.29, 1.82) is 0 Å². The molecule has 0 saturated carbocycles. The molecule has 1 aliphatic heterocycles. The van der Waals surface area contributed by atoms with Gasteiger partial charge in [0.15, 0.2) is 0 Å². The summed E-state index contributed by atoms with van der Waals surface area (Å²) in [5.41, 5.74) is 6.95. The molecule has 16 heavy (non-hydrogen) atoms. The van der Waals surface area contributed by atoms with E-state index in [4.69, 9.17) is 15.2 Å². The van der Waals surface area contributed by atoms with Gasteiger partial charge in [0.2, 0.25) is 0 Å². The number of ether oxygens (including phenoxy) is 2. The van der Waals surface area contributed by atoms with Crippen LogP contribution < -0.4 is 5.73 Å². The average Bonchev–Trinajstić information content (AvgIpc) is 2.74. The first-order chi connectivity index (χ1) is 7.75. The Kier molecular flexibility index (Phi) is 3.74. The van der Waals surface area contributed by atoms with Gasteiger partial charge in [-0.1, -0.05) is 6.07 Å². The third-order valence-corrected chi connectivity index (χ3v) is 2.74. The van der Waals surface area contributed by atoms with Crippen LogP contribution in [0.4, 0.5) is 10.1 Å². The molecule has 0 amide bonds. The predicted octanol–water partition coefficient (Wildman–Crippen LogP) is 1.96. The zero-order valence-electron chi connectivity index (χ0n) is 9.12. The van der Waals surface area contributed by atoms with E-state index in [0.29, 0.717) is 24.8 Å². The van der Waals surface area contributed by atoms with Crippen LogP contribution in [0.2, 0.25) is 0 Å². The fraction of sp³-hybridized carbons (Fsp3) is 0.500. The Hall–Kier alpha value is -1.13. The highest BCUT2D eigenvalue weighted by Crippen LogP contribution is 2.17. The SMILES string of the molecule is Nc1cc(F)ccc1COCC1CCOC1. The second-order valence-electron chi connectivity index (χ2n) is 4.09. The maximum Gasteiger partial charge on any atom is 0.125 e. The Bertz CT molecular complexity index is 351. The first-order valence-electron chi connectivity index (χ1n) is 5.45. The van der Waals surface area contributed by atoms with Gasteiger partial charge in [0.25, 0.3) is 0 Å². The number of hydrogen-bond donors (Lipinski definition) is 1. The highest BCUT2D eigenvalue weighted by atomic mass is 19.1. The first-order valence-corrected chi connectivity index (χ1v) is 5.45. The van der Waals surface area contributed by atoms with Crippen molar-refractivity contribution in [3.63, 3.8) is 0 Å². The molecule has 1 aliphatic rings. The van der Waals surface area contributed by atoms with Crippen LogP contribution in [0, 0.1) is 11.7 Å². The van der Waals surface area contributed by atoms with Crippen LogP contribution in [0.15, 0.2) is 18.2 Å². The molecule has 1 aromatic carbocycles. The van der Waals surface area contributed by atoms with Gasteiger partial charge in [-0.2, -0.15) is 0 Å². The van der Waals surface area contributed by atoms with E-state index >= 15 is 0 Å². The van der Waals surface area contributed by atoms with Gasteiger partial charge in [0, 0.05) is 23.8 Å². The maximum absolute atomic E-state index is 12.8. The predicted molar refractivity (Wildman–Crippen MR) is 59.4 cm³/mol. The van der Waals surface area contributed by atoms with Crippen molar-refractivity contribution < 1.29 is 13.9 Å². The summed E-state index contributed by atoms with van der Waals surface area (Å²) in [5.74, 6) is 0.173. The summed E-state index contributed by atoms with van der Waals surface area (Å²) in [7, 11) is 0. The third-order valence-electron chi connectivity index (χ3n) is 2.74. The van der Waals surface area contributed by atoms with Crippen LogP contribution in [0.25, 0.3) is 0 Å². The van der Waals surface area contributed by atoms with Gasteiger partial charge in [0.05, 0.1) is 19.8 Å². The van der Waals surface area contributed by atoms with Crippen molar-refractivity contribution in [2.45, 2.75) is 13.0 Å². The molecule has 4 heteroatoms. The molecule has 1 saturated heterocycles. The molecule has 2 rings (SSSR count). The van der Waals surface area contributed by atoms with Crippen molar-refractivity contribution in [2.24, 2.45) is 5.92 Å². The van der Waals surface area contributed by atoms with E-state index in [1.54, 1.807) is 6.07 Å². The van der Waals surface area contributed by atoms with Crippen molar-refractivity contribution in [3.8, 4) is 0 Å². The van der Waals surface area contributed by atoms with E-state index in [1.165, 1.54) is 12.1 Å². The number of anilines is 1. The molecule has 1 aromatic rings. The van der Waals surface area contributed by atoms with E-state index in [1.807, 2.05) is 0 Å². The summed E-state index contributed by atoms with van der Waals surface area (Å²) in [6, 6.07) is 4.38. The van der Waals surface area contributed by atoms with Crippen molar-refractivity contribution in [2.75, 3.05) is 25.6 Å². The lowest BCUT2D eigenvalue weighted by atomic mass is 10.1. The summed E-state index contributed by atoms with van der Waals surface area (Å²) >= 11 is 0. The summed E-state index contributed by atoms with van der Waals surface area (Å²) in [6.45, 7) is 2.71. The Balaban J connectivity index is 1.80. The van der Waals surface area contributed by atoms with Crippen LogP contribution in [0.5, 0.6) is 0 Å². The normalized spacial score (nSPS) is 20.2. The molecule has 0 aliphatic carbocycles. The number of halogens is 1. The number of nitrogens with two attached hydrogens (primary N) is 1. The smallest absolute Gasteiger partial charge is 0.125 e. The molecule has 3 nitrogen and oxygen atoms in total. The fourth-order valence-corrected chi connectivity index (χ4v) is 1.75. The van der Waals surface area contributed by atoms with Gasteiger partial charge in [-0.05, 0) is 18.6 Å². The maximum atomic E-state index is 12.8. The lowest BCUT2D eigenvalue weighted by Crippen LogP contribution is -2.09. The lowest BCUT2D eigenvalue weighted by molar-refractivity contribution is 0.0794. The topological polar surface area (TPSA) is 44.5 Å². The summed E-state index contributed by atoms with van der Waals surface area (Å²) in [4.78, 5) is 0. The standard InChI is InChI=1S/C12H16FNO2/c13-11-2-1-10(12(14)5-11)8-16-7-9-3-4-15-6-9/h1-2,5,9H,3-4,6-8,14H2. The number of nitrogen functional groups attached to an aromatic ring is 1. The van der Waals surface area contributed by atoms with Gasteiger partial charge < -0.3 is 15.2 Å². The second-order valence-corrected chi connectivity index (χ2v) is 4.09. The largest absolute Gasteiger partial charge is 0.398 e. The molecular weight excluding hydrogens is 209 g/mol. The molecule has 0 spiro atoms. The molecule has 1 fully saturated rings. The molecule has 1 heterocycles. The van der Waals surface area contributed by atoms with Crippen molar-refractivity contribution >= 4 is 5.69 Å². The van der Waals surface area contributed by atoms with Crippen LogP contribution >= 0.6 is 0 Å². The molecule has 2 N–H and O–H groups in total. The van der Waals surface area contributed by atoms with Crippen LogP contribution in [0.1, 0.15) is 12.0 Å². The molecule has 88 valence electrons. The third kappa shape index (κ3) is 2.93. The van der Waals surface area contributed by atoms with Gasteiger partial charge in [-0.3, -0.25) is 0 Å². The quantitative estimate of drug-likeness (QED) is 0.797. The van der Waals surface area contributed by atoms with Gasteiger partial charge in [-0.15, -0.1) is 0 Å². The van der Waals surface area contributed by atoms with Crippen LogP contribution in [-0.2, 0) is 16.1 Å². The zero-order chi connectivity index (χ0) is 11.4. The molecule has 1 atom stereocenters. The monoisotopic (exact) mass is 225 g/mol. The second kappa shape index (κ2) is 5.27. The Morgan fingerprint density at radius 3 is 3.06 bits per heavy atom. The molecule has 0 aromatic heterocycles. The van der Waals surface area contributed by atoms with Gasteiger partial charge in [-0.25, -0.2) is 4.39 Å². The number of benzene rings is 1. The highest BCUT2D eigenvalue weighted by molar-refractivity contribution is 5.46. The summed E-state index contributed by atoms with van der Waals surface area (Å²) < 4.78 is 23.6. The minimum atomic E-state index is -0.314. The Labute approximate surface area is 94.3 Å². The lowest BCUT2D eigenvalue weighted by Gasteiger charge is -2.10. The van der Waals surface area contributed by atoms with Crippen LogP contribution in [0.3, 0.4) is 0 Å². The average molecular weight is 225 g/mol. The molecule has 0 bridgehead atoms. The van der Waals surface area contributed by atoms with Crippen molar-refractivity contribution in [1.82, 2.24) is 0 Å². The number of rotatable bonds is 4. The minimum Gasteiger partial charge on any atom is -0.398 e. The molecular formula is C12H16FNO2. The first kappa shape index (κ1) is 11.4. The van der Waals surface area contributed by atoms with E-state index in [0.717, 1.165) is 25.2 Å². The van der Waals surface area contributed by atoms with E-state index in [-0.39, 0.29) is 5.82 Å². The Morgan fingerprint density at radius 1 is 1.50 bits per heavy atom. The zero-order valence-corrected chi connectivity index (χ0v) is 9.12. The highest BCUT2D eigenvalue weighted by Gasteiger charge is 2.15. The number of hydrogen-bond acceptors (Lipinski definition) is 3. The fourth-order valence-electron chi connectivity index (χ4n) is 1.75. The van der Waals surface area contributed by atoms with Crippen molar-refractivity contribution in [3.05, 3.63) is 29.6 Å². The summed E-state index contributed by atoms with van der Waals surface area (Å²) in [6.07, 6.45) is 1.05.